The molecule has 0 spiro atoms. The van der Waals surface area contributed by atoms with E-state index in [4.69, 9.17) is 0 Å². The highest BCUT2D eigenvalue weighted by atomic mass is 14.3. The number of fused-ring (bicyclic) bond motifs is 13. The lowest BCUT2D eigenvalue weighted by Crippen LogP contribution is -1.91. The second-order valence-corrected chi connectivity index (χ2v) is 16.6. The van der Waals surface area contributed by atoms with Crippen LogP contribution >= 0.6 is 0 Å². The molecule has 0 aliphatic rings. The van der Waals surface area contributed by atoms with E-state index in [9.17, 15) is 0 Å². The predicted molar refractivity (Wildman–Crippen MR) is 260 cm³/mol. The Kier molecular flexibility index (Phi) is 6.38. The second-order valence-electron chi connectivity index (χ2n) is 16.6. The van der Waals surface area contributed by atoms with Gasteiger partial charge in [-0.1, -0.05) is 188 Å². The Bertz CT molecular complexity index is 4080. The summed E-state index contributed by atoms with van der Waals surface area (Å²) in [5.41, 5.74) is 7.63. The van der Waals surface area contributed by atoms with Gasteiger partial charge >= 0.3 is 0 Å². The third-order valence-electron chi connectivity index (χ3n) is 13.7. The van der Waals surface area contributed by atoms with E-state index in [0.717, 1.165) is 0 Å². The molecule has 0 amide bonds. The van der Waals surface area contributed by atoms with Crippen molar-refractivity contribution in [2.45, 2.75) is 0 Å². The number of hydrogen-bond donors (Lipinski definition) is 0. The molecule has 14 aromatic rings. The fourth-order valence-electron chi connectivity index (χ4n) is 11.3. The first kappa shape index (κ1) is 32.2. The van der Waals surface area contributed by atoms with Gasteiger partial charge in [-0.05, 0) is 159 Å². The molecule has 0 fully saturated rings. The Hall–Kier alpha value is -7.80. The summed E-state index contributed by atoms with van der Waals surface area (Å²) in [6.07, 6.45) is 0. The van der Waals surface area contributed by atoms with E-state index in [1.165, 1.54) is 141 Å². The van der Waals surface area contributed by atoms with Crippen LogP contribution in [-0.2, 0) is 0 Å². The zero-order valence-electron chi connectivity index (χ0n) is 32.6. The smallest absolute Gasteiger partial charge is 0.000697 e. The van der Waals surface area contributed by atoms with Crippen LogP contribution in [0.5, 0.6) is 0 Å². The summed E-state index contributed by atoms with van der Waals surface area (Å²) in [7, 11) is 0. The molecule has 0 aliphatic heterocycles. The van der Waals surface area contributed by atoms with Gasteiger partial charge in [0.1, 0.15) is 0 Å². The summed E-state index contributed by atoms with van der Waals surface area (Å²) in [6.45, 7) is 0. The van der Waals surface area contributed by atoms with E-state index in [-0.39, 0.29) is 0 Å². The second kappa shape index (κ2) is 11.9. The molecule has 14 aromatic carbocycles. The Labute approximate surface area is 345 Å². The van der Waals surface area contributed by atoms with Gasteiger partial charge in [-0.2, -0.15) is 0 Å². The van der Waals surface area contributed by atoms with Crippen molar-refractivity contribution in [2.24, 2.45) is 0 Å². The summed E-state index contributed by atoms with van der Waals surface area (Å²) >= 11 is 0. The SMILES string of the molecule is c1ccc(-c2c3cc4c5ccccc5c5cccc(c3c(-c3ccccc3)c3c6cc7ccc8cc(-c9cccc%10ccccc9%10)ccc8c7c7cccc(c23)c67)c54)cc1. The van der Waals surface area contributed by atoms with Gasteiger partial charge in [-0.15, -0.1) is 0 Å². The zero-order valence-corrected chi connectivity index (χ0v) is 32.6. The van der Waals surface area contributed by atoms with Crippen LogP contribution in [-0.4, -0.2) is 0 Å². The monoisotopic (exact) mass is 754 g/mol. The molecule has 0 N–H and O–H groups in total. The quantitative estimate of drug-likeness (QED) is 0.158. The summed E-state index contributed by atoms with van der Waals surface area (Å²) in [5.74, 6) is 0. The van der Waals surface area contributed by atoms with Crippen molar-refractivity contribution in [2.75, 3.05) is 0 Å². The van der Waals surface area contributed by atoms with Gasteiger partial charge in [0.25, 0.3) is 0 Å². The van der Waals surface area contributed by atoms with Gasteiger partial charge in [-0.3, -0.25) is 0 Å². The molecule has 0 radical (unpaired) electrons. The molecule has 0 saturated heterocycles. The molecule has 14 rings (SSSR count). The molecule has 0 heteroatoms. The van der Waals surface area contributed by atoms with Crippen molar-refractivity contribution in [3.8, 4) is 33.4 Å². The van der Waals surface area contributed by atoms with E-state index in [0.29, 0.717) is 0 Å². The van der Waals surface area contributed by atoms with E-state index < -0.39 is 0 Å². The van der Waals surface area contributed by atoms with E-state index in [1.807, 2.05) is 0 Å². The highest BCUT2D eigenvalue weighted by Gasteiger charge is 2.27. The Morgan fingerprint density at radius 2 is 0.733 bits per heavy atom. The summed E-state index contributed by atoms with van der Waals surface area (Å²) in [6, 6.07) is 77.5. The first-order valence-corrected chi connectivity index (χ1v) is 21.0. The van der Waals surface area contributed by atoms with Crippen molar-refractivity contribution >= 4 is 108 Å². The maximum Gasteiger partial charge on any atom is -0.000697 e. The van der Waals surface area contributed by atoms with E-state index in [2.05, 4.69) is 206 Å². The predicted octanol–water partition coefficient (Wildman–Crippen LogP) is 17.1. The van der Waals surface area contributed by atoms with Gasteiger partial charge in [0.05, 0.1) is 0 Å². The Balaban J connectivity index is 1.19. The molecule has 0 heterocycles. The minimum Gasteiger partial charge on any atom is -0.0622 e. The molecular formula is C60H34. The first-order valence-electron chi connectivity index (χ1n) is 21.0. The summed E-state index contributed by atoms with van der Waals surface area (Å²) in [4.78, 5) is 0. The highest BCUT2D eigenvalue weighted by Crippen LogP contribution is 2.55. The third-order valence-corrected chi connectivity index (χ3v) is 13.7. The summed E-state index contributed by atoms with van der Waals surface area (Å²) < 4.78 is 0. The van der Waals surface area contributed by atoms with Crippen molar-refractivity contribution in [3.63, 3.8) is 0 Å². The highest BCUT2D eigenvalue weighted by molar-refractivity contribution is 6.46. The van der Waals surface area contributed by atoms with Crippen molar-refractivity contribution < 1.29 is 0 Å². The first-order chi connectivity index (χ1) is 29.8. The van der Waals surface area contributed by atoms with Gasteiger partial charge < -0.3 is 0 Å². The number of hydrogen-bond acceptors (Lipinski definition) is 0. The van der Waals surface area contributed by atoms with Crippen LogP contribution in [0.1, 0.15) is 0 Å². The molecule has 0 bridgehead atoms. The standard InChI is InChI=1S/C60H34/c1-3-15-36(16-4-1)54-52-34-50-45-22-10-9-21-44(45)46-24-12-26-48(56(46)50)58(52)55(37-17-5-2-6-18-37)60-51-33-40-29-28-39-32-38(42-23-11-19-35-14-7-8-20-41(35)42)30-31-43(39)53(40)47-25-13-27-49(57(47)51)59(54)60/h1-34H. The van der Waals surface area contributed by atoms with Crippen LogP contribution in [0, 0.1) is 0 Å². The van der Waals surface area contributed by atoms with Crippen molar-refractivity contribution in [1.29, 1.82) is 0 Å². The van der Waals surface area contributed by atoms with Crippen molar-refractivity contribution in [3.05, 3.63) is 206 Å². The fourth-order valence-corrected chi connectivity index (χ4v) is 11.3. The molecule has 0 nitrogen and oxygen atoms in total. The van der Waals surface area contributed by atoms with Crippen LogP contribution in [0.15, 0.2) is 206 Å². The van der Waals surface area contributed by atoms with Gasteiger partial charge in [0.15, 0.2) is 0 Å². The van der Waals surface area contributed by atoms with Gasteiger partial charge in [0, 0.05) is 0 Å². The van der Waals surface area contributed by atoms with Crippen LogP contribution < -0.4 is 0 Å². The number of benzene rings is 12. The Morgan fingerprint density at radius 1 is 0.183 bits per heavy atom. The minimum absolute atomic E-state index is 1.24. The van der Waals surface area contributed by atoms with Crippen LogP contribution in [0.4, 0.5) is 0 Å². The Morgan fingerprint density at radius 3 is 1.52 bits per heavy atom. The normalized spacial score (nSPS) is 12.3. The van der Waals surface area contributed by atoms with Crippen LogP contribution in [0.25, 0.3) is 141 Å². The van der Waals surface area contributed by atoms with E-state index in [1.54, 1.807) is 0 Å². The maximum absolute atomic E-state index is 2.53. The maximum atomic E-state index is 2.53. The van der Waals surface area contributed by atoms with Gasteiger partial charge in [-0.25, -0.2) is 0 Å². The lowest BCUT2D eigenvalue weighted by molar-refractivity contribution is 1.68. The summed E-state index contributed by atoms with van der Waals surface area (Å²) in [5, 5.41) is 26.2. The zero-order chi connectivity index (χ0) is 39.1. The minimum atomic E-state index is 1.24. The average Bonchev–Trinajstić information content (AvgIpc) is 3.82. The molecule has 0 atom stereocenters. The third kappa shape index (κ3) is 4.19. The molecule has 0 unspecified atom stereocenters. The fraction of sp³-hybridized carbons (Fsp3) is 0. The van der Waals surface area contributed by atoms with E-state index >= 15 is 0 Å². The molecule has 274 valence electrons. The number of rotatable bonds is 3. The molecule has 60 heavy (non-hydrogen) atoms. The topological polar surface area (TPSA) is 0 Å². The van der Waals surface area contributed by atoms with Crippen molar-refractivity contribution in [1.82, 2.24) is 0 Å². The van der Waals surface area contributed by atoms with Crippen LogP contribution in [0.3, 0.4) is 0 Å². The largest absolute Gasteiger partial charge is 0.0622 e. The average molecular weight is 755 g/mol. The molecular weight excluding hydrogens is 721 g/mol. The molecule has 0 aliphatic carbocycles. The van der Waals surface area contributed by atoms with Gasteiger partial charge in [0.2, 0.25) is 0 Å². The molecule has 0 aromatic heterocycles. The molecule has 0 saturated carbocycles. The van der Waals surface area contributed by atoms with Crippen LogP contribution in [0.2, 0.25) is 0 Å². The lowest BCUT2D eigenvalue weighted by Gasteiger charge is -2.19. The lowest BCUT2D eigenvalue weighted by atomic mass is 9.83.